The van der Waals surface area contributed by atoms with Crippen LogP contribution in [0.15, 0.2) is 47.4 Å². The number of nitrogens with two attached hydrogens (primary N) is 1. The number of benzene rings is 2. The van der Waals surface area contributed by atoms with Gasteiger partial charge in [0, 0.05) is 10.7 Å². The second-order valence-corrected chi connectivity index (χ2v) is 8.63. The van der Waals surface area contributed by atoms with E-state index in [-0.39, 0.29) is 16.6 Å². The molecule has 0 bridgehead atoms. The number of halogens is 1. The lowest BCUT2D eigenvalue weighted by Gasteiger charge is -2.28. The normalized spacial score (nSPS) is 16.1. The van der Waals surface area contributed by atoms with E-state index < -0.39 is 15.4 Å². The third kappa shape index (κ3) is 3.95. The van der Waals surface area contributed by atoms with Crippen molar-refractivity contribution in [1.82, 2.24) is 0 Å². The van der Waals surface area contributed by atoms with Gasteiger partial charge in [-0.25, -0.2) is 13.6 Å². The molecule has 0 spiro atoms. The number of rotatable bonds is 5. The van der Waals surface area contributed by atoms with Gasteiger partial charge in [-0.2, -0.15) is 0 Å². The Bertz CT molecular complexity index is 952. The van der Waals surface area contributed by atoms with E-state index in [1.165, 1.54) is 19.2 Å². The van der Waals surface area contributed by atoms with Gasteiger partial charge in [-0.1, -0.05) is 36.6 Å². The molecule has 3 N–H and O–H groups in total. The largest absolute Gasteiger partial charge is 0.495 e. The molecule has 1 saturated carbocycles. The molecule has 1 aliphatic carbocycles. The average Bonchev–Trinajstić information content (AvgIpc) is 3.12. The van der Waals surface area contributed by atoms with Crippen molar-refractivity contribution >= 4 is 33.2 Å². The number of carbonyl (C=O) groups is 1. The van der Waals surface area contributed by atoms with Crippen molar-refractivity contribution in [2.24, 2.45) is 5.14 Å². The van der Waals surface area contributed by atoms with Crippen molar-refractivity contribution in [1.29, 1.82) is 0 Å². The van der Waals surface area contributed by atoms with E-state index in [4.69, 9.17) is 21.5 Å². The zero-order chi connectivity index (χ0) is 19.7. The summed E-state index contributed by atoms with van der Waals surface area (Å²) in [6.45, 7) is 0. The molecule has 0 aromatic heterocycles. The van der Waals surface area contributed by atoms with Crippen LogP contribution in [0.3, 0.4) is 0 Å². The van der Waals surface area contributed by atoms with Crippen LogP contribution in [0.5, 0.6) is 5.75 Å². The molecule has 0 radical (unpaired) electrons. The molecule has 144 valence electrons. The molecule has 1 aliphatic rings. The van der Waals surface area contributed by atoms with Crippen molar-refractivity contribution in [2.45, 2.75) is 36.0 Å². The predicted octanol–water partition coefficient (Wildman–Crippen LogP) is 3.45. The molecule has 8 heteroatoms. The molecule has 1 amide bonds. The van der Waals surface area contributed by atoms with Gasteiger partial charge in [0.25, 0.3) is 0 Å². The fourth-order valence-corrected chi connectivity index (χ4v) is 4.47. The molecule has 0 heterocycles. The number of hydrogen-bond donors (Lipinski definition) is 2. The van der Waals surface area contributed by atoms with Gasteiger partial charge in [0.1, 0.15) is 10.6 Å². The Kier molecular flexibility index (Phi) is 5.46. The molecule has 0 aliphatic heterocycles. The number of amides is 1. The number of hydrogen-bond acceptors (Lipinski definition) is 4. The monoisotopic (exact) mass is 408 g/mol. The Balaban J connectivity index is 1.94. The number of ether oxygens (including phenoxy) is 1. The van der Waals surface area contributed by atoms with Crippen molar-refractivity contribution in [3.63, 3.8) is 0 Å². The lowest BCUT2D eigenvalue weighted by molar-refractivity contribution is -0.121. The fraction of sp³-hybridized carbons (Fsp3) is 0.316. The summed E-state index contributed by atoms with van der Waals surface area (Å²) in [5, 5.41) is 8.72. The SMILES string of the molecule is COc1ccc(NC(=O)C2(c3ccc(Cl)cc3)CCCC2)cc1S(N)(=O)=O. The summed E-state index contributed by atoms with van der Waals surface area (Å²) in [6.07, 6.45) is 3.33. The zero-order valence-corrected chi connectivity index (χ0v) is 16.4. The lowest BCUT2D eigenvalue weighted by Crippen LogP contribution is -2.38. The Labute approximate surface area is 163 Å². The van der Waals surface area contributed by atoms with E-state index >= 15 is 0 Å². The van der Waals surface area contributed by atoms with E-state index in [0.29, 0.717) is 10.7 Å². The van der Waals surface area contributed by atoms with Gasteiger partial charge in [0.15, 0.2) is 0 Å². The smallest absolute Gasteiger partial charge is 0.241 e. The van der Waals surface area contributed by atoms with Gasteiger partial charge in [0.2, 0.25) is 15.9 Å². The van der Waals surface area contributed by atoms with E-state index in [0.717, 1.165) is 31.2 Å². The number of sulfonamides is 1. The first-order valence-corrected chi connectivity index (χ1v) is 10.5. The Morgan fingerprint density at radius 2 is 1.78 bits per heavy atom. The fourth-order valence-electron chi connectivity index (χ4n) is 3.62. The van der Waals surface area contributed by atoms with Crippen LogP contribution in [-0.2, 0) is 20.2 Å². The van der Waals surface area contributed by atoms with Crippen molar-refractivity contribution < 1.29 is 17.9 Å². The molecule has 27 heavy (non-hydrogen) atoms. The van der Waals surface area contributed by atoms with Gasteiger partial charge in [-0.05, 0) is 48.7 Å². The second kappa shape index (κ2) is 7.50. The standard InChI is InChI=1S/C19H21ClN2O4S/c1-26-16-9-8-15(12-17(16)27(21,24)25)22-18(23)19(10-2-3-11-19)13-4-6-14(20)7-5-13/h4-9,12H,2-3,10-11H2,1H3,(H,22,23)(H2,21,24,25). The van der Waals surface area contributed by atoms with Crippen LogP contribution in [0.2, 0.25) is 5.02 Å². The maximum atomic E-state index is 13.2. The lowest BCUT2D eigenvalue weighted by atomic mass is 9.78. The average molecular weight is 409 g/mol. The van der Waals surface area contributed by atoms with Gasteiger partial charge >= 0.3 is 0 Å². The minimum absolute atomic E-state index is 0.128. The van der Waals surface area contributed by atoms with Crippen LogP contribution in [0.1, 0.15) is 31.2 Å². The van der Waals surface area contributed by atoms with Gasteiger partial charge in [-0.3, -0.25) is 4.79 Å². The number of primary sulfonamides is 1. The van der Waals surface area contributed by atoms with Crippen LogP contribution in [0.25, 0.3) is 0 Å². The minimum Gasteiger partial charge on any atom is -0.495 e. The molecule has 0 atom stereocenters. The van der Waals surface area contributed by atoms with Crippen LogP contribution in [0, 0.1) is 0 Å². The first-order valence-electron chi connectivity index (χ1n) is 8.55. The highest BCUT2D eigenvalue weighted by Crippen LogP contribution is 2.42. The van der Waals surface area contributed by atoms with Crippen molar-refractivity contribution in [2.75, 3.05) is 12.4 Å². The molecular weight excluding hydrogens is 388 g/mol. The Morgan fingerprint density at radius 3 is 2.33 bits per heavy atom. The summed E-state index contributed by atoms with van der Waals surface area (Å²) in [5.41, 5.74) is 0.596. The first-order chi connectivity index (χ1) is 12.8. The minimum atomic E-state index is -3.99. The summed E-state index contributed by atoms with van der Waals surface area (Å²) >= 11 is 5.98. The predicted molar refractivity (Wildman–Crippen MR) is 105 cm³/mol. The maximum Gasteiger partial charge on any atom is 0.241 e. The maximum absolute atomic E-state index is 13.2. The van der Waals surface area contributed by atoms with E-state index in [1.807, 2.05) is 12.1 Å². The molecule has 6 nitrogen and oxygen atoms in total. The van der Waals surface area contributed by atoms with Crippen LogP contribution in [-0.4, -0.2) is 21.4 Å². The van der Waals surface area contributed by atoms with E-state index in [2.05, 4.69) is 5.32 Å². The Morgan fingerprint density at radius 1 is 1.15 bits per heavy atom. The number of methoxy groups -OCH3 is 1. The van der Waals surface area contributed by atoms with Crippen molar-refractivity contribution in [3.05, 3.63) is 53.1 Å². The van der Waals surface area contributed by atoms with Gasteiger partial charge in [0.05, 0.1) is 12.5 Å². The third-order valence-electron chi connectivity index (χ3n) is 5.02. The summed E-state index contributed by atoms with van der Waals surface area (Å²) in [4.78, 5) is 13.0. The summed E-state index contributed by atoms with van der Waals surface area (Å²) in [7, 11) is -2.63. The second-order valence-electron chi connectivity index (χ2n) is 6.66. The third-order valence-corrected chi connectivity index (χ3v) is 6.20. The highest BCUT2D eigenvalue weighted by Gasteiger charge is 2.42. The first kappa shape index (κ1) is 19.7. The van der Waals surface area contributed by atoms with Crippen LogP contribution in [0.4, 0.5) is 5.69 Å². The molecule has 3 rings (SSSR count). The molecule has 2 aromatic rings. The summed E-state index contributed by atoms with van der Waals surface area (Å²) in [6, 6.07) is 11.7. The molecule has 0 saturated heterocycles. The number of anilines is 1. The van der Waals surface area contributed by atoms with Gasteiger partial charge < -0.3 is 10.1 Å². The quantitative estimate of drug-likeness (QED) is 0.791. The highest BCUT2D eigenvalue weighted by atomic mass is 35.5. The Hall–Kier alpha value is -2.09. The number of nitrogens with one attached hydrogen (secondary N) is 1. The molecule has 2 aromatic carbocycles. The summed E-state index contributed by atoms with van der Waals surface area (Å²) in [5.74, 6) is -0.0448. The number of carbonyl (C=O) groups excluding carboxylic acids is 1. The van der Waals surface area contributed by atoms with E-state index in [9.17, 15) is 13.2 Å². The van der Waals surface area contributed by atoms with Crippen molar-refractivity contribution in [3.8, 4) is 5.75 Å². The van der Waals surface area contributed by atoms with Gasteiger partial charge in [-0.15, -0.1) is 0 Å². The van der Waals surface area contributed by atoms with Crippen LogP contribution >= 0.6 is 11.6 Å². The molecule has 1 fully saturated rings. The zero-order valence-electron chi connectivity index (χ0n) is 14.9. The highest BCUT2D eigenvalue weighted by molar-refractivity contribution is 7.89. The van der Waals surface area contributed by atoms with E-state index in [1.54, 1.807) is 18.2 Å². The molecular formula is C19H21ClN2O4S. The molecule has 0 unspecified atom stereocenters. The summed E-state index contributed by atoms with van der Waals surface area (Å²) < 4.78 is 28.6. The topological polar surface area (TPSA) is 98.5 Å². The van der Waals surface area contributed by atoms with Crippen LogP contribution < -0.4 is 15.2 Å².